The number of carbonyl (C=O) groups is 1. The summed E-state index contributed by atoms with van der Waals surface area (Å²) in [6.45, 7) is 3.45. The minimum Gasteiger partial charge on any atom is -0.270 e. The Balaban J connectivity index is 2.25. The molecule has 1 amide bonds. The Morgan fingerprint density at radius 2 is 2.00 bits per heavy atom. The molecule has 2 rings (SSSR count). The number of amides is 1. The number of rotatable bonds is 2. The van der Waals surface area contributed by atoms with E-state index in [1.165, 1.54) is 0 Å². The predicted octanol–water partition coefficient (Wildman–Crippen LogP) is 2.03. The Labute approximate surface area is 93.3 Å². The highest BCUT2D eigenvalue weighted by Crippen LogP contribution is 2.21. The van der Waals surface area contributed by atoms with Gasteiger partial charge in [0.05, 0.1) is 11.4 Å². The molecule has 0 aromatic heterocycles. The molecule has 0 radical (unpaired) electrons. The fraction of sp³-hybridized carbons (Fsp3) is 0.273. The maximum absolute atomic E-state index is 11.5. The van der Waals surface area contributed by atoms with Crippen molar-refractivity contribution in [3.05, 3.63) is 30.3 Å². The molecule has 1 aromatic rings. The smallest absolute Gasteiger partial charge is 0.270 e. The molecule has 1 unspecified atom stereocenters. The molecule has 1 heterocycles. The molecule has 0 spiro atoms. The zero-order chi connectivity index (χ0) is 11.6. The first-order valence-electron chi connectivity index (χ1n) is 4.96. The van der Waals surface area contributed by atoms with E-state index in [9.17, 15) is 4.79 Å². The number of benzene rings is 1. The molecular weight excluding hydrogens is 204 g/mol. The zero-order valence-electron chi connectivity index (χ0n) is 9.14. The van der Waals surface area contributed by atoms with E-state index in [1.807, 2.05) is 30.3 Å². The van der Waals surface area contributed by atoms with E-state index in [4.69, 9.17) is 0 Å². The summed E-state index contributed by atoms with van der Waals surface area (Å²) in [6, 6.07) is 9.28. The molecule has 16 heavy (non-hydrogen) atoms. The number of nitrogens with zero attached hydrogens (tertiary/aromatic N) is 3. The van der Waals surface area contributed by atoms with Gasteiger partial charge >= 0.3 is 0 Å². The standard InChI is InChI=1S/C11H12N4O/c1-8-11(2,10(16)14-12-8)15-13-9-6-4-3-5-7-9/h3-7H,1-2H3,(H,14,16). The summed E-state index contributed by atoms with van der Waals surface area (Å²) in [5, 5.41) is 12.0. The summed E-state index contributed by atoms with van der Waals surface area (Å²) in [5.41, 5.74) is 2.76. The quantitative estimate of drug-likeness (QED) is 0.755. The van der Waals surface area contributed by atoms with Crippen LogP contribution in [-0.4, -0.2) is 17.2 Å². The highest BCUT2D eigenvalue weighted by Gasteiger charge is 2.41. The molecule has 0 saturated carbocycles. The second-order valence-electron chi connectivity index (χ2n) is 3.75. The summed E-state index contributed by atoms with van der Waals surface area (Å²) in [4.78, 5) is 11.5. The second kappa shape index (κ2) is 3.84. The average molecular weight is 216 g/mol. The van der Waals surface area contributed by atoms with Gasteiger partial charge in [0.1, 0.15) is 0 Å². The fourth-order valence-corrected chi connectivity index (χ4v) is 1.29. The van der Waals surface area contributed by atoms with Crippen molar-refractivity contribution < 1.29 is 4.79 Å². The largest absolute Gasteiger partial charge is 0.275 e. The lowest BCUT2D eigenvalue weighted by Crippen LogP contribution is -2.39. The molecule has 5 nitrogen and oxygen atoms in total. The highest BCUT2D eigenvalue weighted by molar-refractivity contribution is 6.15. The van der Waals surface area contributed by atoms with Gasteiger partial charge in [-0.15, -0.1) is 0 Å². The number of hydrazone groups is 1. The Bertz CT molecular complexity index is 466. The van der Waals surface area contributed by atoms with Crippen LogP contribution in [0.1, 0.15) is 13.8 Å². The maximum Gasteiger partial charge on any atom is 0.275 e. The predicted molar refractivity (Wildman–Crippen MR) is 60.6 cm³/mol. The van der Waals surface area contributed by atoms with Crippen molar-refractivity contribution in [1.82, 2.24) is 5.43 Å². The Morgan fingerprint density at radius 1 is 1.31 bits per heavy atom. The Morgan fingerprint density at radius 3 is 2.56 bits per heavy atom. The van der Waals surface area contributed by atoms with Crippen LogP contribution in [0.4, 0.5) is 5.69 Å². The third-order valence-electron chi connectivity index (χ3n) is 2.59. The van der Waals surface area contributed by atoms with E-state index in [1.54, 1.807) is 13.8 Å². The number of azo groups is 1. The summed E-state index contributed by atoms with van der Waals surface area (Å²) in [7, 11) is 0. The summed E-state index contributed by atoms with van der Waals surface area (Å²) in [6.07, 6.45) is 0. The van der Waals surface area contributed by atoms with Crippen LogP contribution in [-0.2, 0) is 4.79 Å². The zero-order valence-corrected chi connectivity index (χ0v) is 9.14. The molecule has 1 aliphatic heterocycles. The first-order valence-corrected chi connectivity index (χ1v) is 4.96. The highest BCUT2D eigenvalue weighted by atomic mass is 16.2. The molecule has 0 aliphatic carbocycles. The lowest BCUT2D eigenvalue weighted by molar-refractivity contribution is -0.122. The SMILES string of the molecule is CC1=NNC(=O)C1(C)N=Nc1ccccc1. The second-order valence-corrected chi connectivity index (χ2v) is 3.75. The lowest BCUT2D eigenvalue weighted by atomic mass is 9.99. The molecule has 0 bridgehead atoms. The van der Waals surface area contributed by atoms with Gasteiger partial charge in [0.2, 0.25) is 0 Å². The molecule has 1 N–H and O–H groups in total. The van der Waals surface area contributed by atoms with E-state index in [2.05, 4.69) is 20.8 Å². The van der Waals surface area contributed by atoms with Crippen molar-refractivity contribution in [1.29, 1.82) is 0 Å². The van der Waals surface area contributed by atoms with Crippen molar-refractivity contribution in [2.75, 3.05) is 0 Å². The van der Waals surface area contributed by atoms with Crippen molar-refractivity contribution in [2.24, 2.45) is 15.3 Å². The van der Waals surface area contributed by atoms with Gasteiger partial charge in [-0.1, -0.05) is 18.2 Å². The minimum atomic E-state index is -0.976. The van der Waals surface area contributed by atoms with E-state index < -0.39 is 5.54 Å². The van der Waals surface area contributed by atoms with Crippen LogP contribution in [0.3, 0.4) is 0 Å². The third-order valence-corrected chi connectivity index (χ3v) is 2.59. The van der Waals surface area contributed by atoms with Crippen LogP contribution in [0.5, 0.6) is 0 Å². The van der Waals surface area contributed by atoms with E-state index in [0.717, 1.165) is 5.69 Å². The first kappa shape index (κ1) is 10.5. The van der Waals surface area contributed by atoms with Gasteiger partial charge in [0.15, 0.2) is 5.54 Å². The van der Waals surface area contributed by atoms with Gasteiger partial charge in [0.25, 0.3) is 5.91 Å². The van der Waals surface area contributed by atoms with Gasteiger partial charge < -0.3 is 0 Å². The molecule has 1 aliphatic rings. The van der Waals surface area contributed by atoms with Crippen LogP contribution in [0.2, 0.25) is 0 Å². The van der Waals surface area contributed by atoms with E-state index >= 15 is 0 Å². The normalized spacial score (nSPS) is 24.6. The van der Waals surface area contributed by atoms with Gasteiger partial charge in [-0.25, -0.2) is 5.43 Å². The number of nitrogens with one attached hydrogen (secondary N) is 1. The summed E-state index contributed by atoms with van der Waals surface area (Å²) >= 11 is 0. The monoisotopic (exact) mass is 216 g/mol. The third kappa shape index (κ3) is 1.71. The summed E-state index contributed by atoms with van der Waals surface area (Å²) < 4.78 is 0. The minimum absolute atomic E-state index is 0.246. The molecule has 0 fully saturated rings. The average Bonchev–Trinajstić information content (AvgIpc) is 2.57. The molecular formula is C11H12N4O. The first-order chi connectivity index (χ1) is 7.63. The van der Waals surface area contributed by atoms with E-state index in [-0.39, 0.29) is 5.91 Å². The molecule has 5 heteroatoms. The van der Waals surface area contributed by atoms with Crippen molar-refractivity contribution >= 4 is 17.3 Å². The van der Waals surface area contributed by atoms with Crippen molar-refractivity contribution in [2.45, 2.75) is 19.4 Å². The van der Waals surface area contributed by atoms with E-state index in [0.29, 0.717) is 5.71 Å². The van der Waals surface area contributed by atoms with Crippen LogP contribution >= 0.6 is 0 Å². The van der Waals surface area contributed by atoms with Gasteiger partial charge in [-0.05, 0) is 26.0 Å². The van der Waals surface area contributed by atoms with Gasteiger partial charge in [-0.2, -0.15) is 15.3 Å². The van der Waals surface area contributed by atoms with Crippen molar-refractivity contribution in [3.63, 3.8) is 0 Å². The van der Waals surface area contributed by atoms with Crippen LogP contribution < -0.4 is 5.43 Å². The molecule has 1 aromatic carbocycles. The number of carbonyl (C=O) groups excluding carboxylic acids is 1. The molecule has 1 atom stereocenters. The Hall–Kier alpha value is -2.04. The van der Waals surface area contributed by atoms with Gasteiger partial charge in [0, 0.05) is 0 Å². The number of hydrogen-bond acceptors (Lipinski definition) is 4. The summed E-state index contributed by atoms with van der Waals surface area (Å²) in [5.74, 6) is -0.246. The maximum atomic E-state index is 11.5. The lowest BCUT2D eigenvalue weighted by Gasteiger charge is -2.13. The van der Waals surface area contributed by atoms with Crippen molar-refractivity contribution in [3.8, 4) is 0 Å². The number of hydrogen-bond donors (Lipinski definition) is 1. The van der Waals surface area contributed by atoms with Crippen LogP contribution in [0.25, 0.3) is 0 Å². The van der Waals surface area contributed by atoms with Crippen LogP contribution in [0.15, 0.2) is 45.7 Å². The molecule has 0 saturated heterocycles. The van der Waals surface area contributed by atoms with Crippen LogP contribution in [0, 0.1) is 0 Å². The topological polar surface area (TPSA) is 66.2 Å². The Kier molecular flexibility index (Phi) is 2.52. The fourth-order valence-electron chi connectivity index (χ4n) is 1.29. The molecule has 82 valence electrons. The van der Waals surface area contributed by atoms with Gasteiger partial charge in [-0.3, -0.25) is 4.79 Å².